The number of nitrogens with one attached hydrogen (secondary N) is 2. The zero-order chi connectivity index (χ0) is 24.5. The Hall–Kier alpha value is -3.98. The van der Waals surface area contributed by atoms with Crippen molar-refractivity contribution in [3.63, 3.8) is 0 Å². The van der Waals surface area contributed by atoms with Crippen LogP contribution in [0.2, 0.25) is 0 Å². The molecule has 0 spiro atoms. The number of rotatable bonds is 7. The lowest BCUT2D eigenvalue weighted by molar-refractivity contribution is 0.0476. The van der Waals surface area contributed by atoms with Crippen molar-refractivity contribution in [3.8, 4) is 0 Å². The molecule has 0 bridgehead atoms. The van der Waals surface area contributed by atoms with E-state index in [0.29, 0.717) is 11.3 Å². The number of Topliss-reactive ketones (excluding diaryl/α,β-unsaturated/α-hetero) is 1. The quantitative estimate of drug-likeness (QED) is 0.293. The average Bonchev–Trinajstić information content (AvgIpc) is 3.14. The Morgan fingerprint density at radius 1 is 1.00 bits per heavy atom. The van der Waals surface area contributed by atoms with E-state index in [2.05, 4.69) is 9.71 Å². The molecule has 0 aliphatic heterocycles. The molecule has 4 aromatic rings. The normalized spacial score (nSPS) is 11.4. The summed E-state index contributed by atoms with van der Waals surface area (Å²) in [4.78, 5) is 28.5. The number of hydrogen-bond acceptors (Lipinski definition) is 5. The van der Waals surface area contributed by atoms with Crippen LogP contribution in [0, 0.1) is 19.7 Å². The number of esters is 1. The molecule has 1 aromatic heterocycles. The standard InChI is InChI=1S/C25H21FN2O5S/c1-15-13-17(11-12-20(15)26)34(31,32)28-22-10-6-4-8-19(22)25(30)33-14-23(29)24-16(2)27-21-9-5-3-7-18(21)24/h3-13,27-28H,14H2,1-2H3. The van der Waals surface area contributed by atoms with E-state index in [4.69, 9.17) is 4.74 Å². The molecule has 0 saturated carbocycles. The topological polar surface area (TPSA) is 105 Å². The van der Waals surface area contributed by atoms with Crippen LogP contribution in [-0.2, 0) is 14.8 Å². The van der Waals surface area contributed by atoms with E-state index in [0.717, 1.165) is 23.0 Å². The third-order valence-corrected chi connectivity index (χ3v) is 6.70. The van der Waals surface area contributed by atoms with Crippen LogP contribution >= 0.6 is 0 Å². The molecular formula is C25H21FN2O5S. The smallest absolute Gasteiger partial charge is 0.340 e. The maximum absolute atomic E-state index is 13.5. The molecule has 3 aromatic carbocycles. The number of anilines is 1. The first kappa shape index (κ1) is 23.2. The Morgan fingerprint density at radius 2 is 1.71 bits per heavy atom. The zero-order valence-corrected chi connectivity index (χ0v) is 19.2. The molecule has 0 unspecified atom stereocenters. The van der Waals surface area contributed by atoms with Gasteiger partial charge in [0.1, 0.15) is 5.82 Å². The van der Waals surface area contributed by atoms with E-state index in [1.165, 1.54) is 25.1 Å². The van der Waals surface area contributed by atoms with Gasteiger partial charge in [-0.05, 0) is 55.8 Å². The summed E-state index contributed by atoms with van der Waals surface area (Å²) in [6.45, 7) is 2.70. The summed E-state index contributed by atoms with van der Waals surface area (Å²) in [5.74, 6) is -1.78. The van der Waals surface area contributed by atoms with Gasteiger partial charge in [0.15, 0.2) is 6.61 Å². The fourth-order valence-electron chi connectivity index (χ4n) is 3.66. The SMILES string of the molecule is Cc1cc(S(=O)(=O)Nc2ccccc2C(=O)OCC(=O)c2c(C)[nH]c3ccccc23)ccc1F. The van der Waals surface area contributed by atoms with Gasteiger partial charge in [0, 0.05) is 22.2 Å². The predicted molar refractivity (Wildman–Crippen MR) is 126 cm³/mol. The van der Waals surface area contributed by atoms with Gasteiger partial charge in [0.05, 0.1) is 16.1 Å². The van der Waals surface area contributed by atoms with Gasteiger partial charge in [-0.2, -0.15) is 0 Å². The monoisotopic (exact) mass is 480 g/mol. The summed E-state index contributed by atoms with van der Waals surface area (Å²) in [6.07, 6.45) is 0. The number of benzene rings is 3. The maximum atomic E-state index is 13.5. The van der Waals surface area contributed by atoms with Gasteiger partial charge in [0.2, 0.25) is 5.78 Å². The van der Waals surface area contributed by atoms with E-state index in [1.54, 1.807) is 25.1 Å². The van der Waals surface area contributed by atoms with Crippen LogP contribution in [0.25, 0.3) is 10.9 Å². The van der Waals surface area contributed by atoms with Gasteiger partial charge < -0.3 is 9.72 Å². The van der Waals surface area contributed by atoms with Crippen molar-refractivity contribution in [2.75, 3.05) is 11.3 Å². The number of aromatic nitrogens is 1. The average molecular weight is 481 g/mol. The molecule has 0 radical (unpaired) electrons. The molecule has 0 saturated heterocycles. The molecule has 0 aliphatic rings. The van der Waals surface area contributed by atoms with Gasteiger partial charge in [-0.1, -0.05) is 30.3 Å². The molecule has 4 rings (SSSR count). The van der Waals surface area contributed by atoms with Gasteiger partial charge in [0.25, 0.3) is 10.0 Å². The first-order valence-corrected chi connectivity index (χ1v) is 11.8. The Labute approximate surface area is 195 Å². The van der Waals surface area contributed by atoms with Crippen LogP contribution in [-0.4, -0.2) is 31.8 Å². The number of H-pyrrole nitrogens is 1. The minimum Gasteiger partial charge on any atom is -0.454 e. The number of fused-ring (bicyclic) bond motifs is 1. The number of ether oxygens (including phenoxy) is 1. The highest BCUT2D eigenvalue weighted by atomic mass is 32.2. The summed E-state index contributed by atoms with van der Waals surface area (Å²) in [5.41, 5.74) is 1.97. The molecule has 0 atom stereocenters. The Kier molecular flexibility index (Phi) is 6.21. The van der Waals surface area contributed by atoms with Crippen molar-refractivity contribution in [1.29, 1.82) is 0 Å². The highest BCUT2D eigenvalue weighted by molar-refractivity contribution is 7.92. The van der Waals surface area contributed by atoms with Gasteiger partial charge >= 0.3 is 5.97 Å². The first-order chi connectivity index (χ1) is 16.2. The highest BCUT2D eigenvalue weighted by Gasteiger charge is 2.22. The van der Waals surface area contributed by atoms with Crippen LogP contribution in [0.4, 0.5) is 10.1 Å². The van der Waals surface area contributed by atoms with E-state index in [-0.39, 0.29) is 27.5 Å². The molecule has 34 heavy (non-hydrogen) atoms. The van der Waals surface area contributed by atoms with Gasteiger partial charge in [-0.25, -0.2) is 17.6 Å². The van der Waals surface area contributed by atoms with Crippen molar-refractivity contribution in [3.05, 3.63) is 94.9 Å². The largest absolute Gasteiger partial charge is 0.454 e. The van der Waals surface area contributed by atoms with Gasteiger partial charge in [-0.3, -0.25) is 9.52 Å². The summed E-state index contributed by atoms with van der Waals surface area (Å²) < 4.78 is 46.7. The molecule has 0 fully saturated rings. The fraction of sp³-hybridized carbons (Fsp3) is 0.120. The second-order valence-corrected chi connectivity index (χ2v) is 9.41. The number of para-hydroxylation sites is 2. The second-order valence-electron chi connectivity index (χ2n) is 7.73. The minimum absolute atomic E-state index is 0.0230. The molecule has 0 aliphatic carbocycles. The Morgan fingerprint density at radius 3 is 2.47 bits per heavy atom. The lowest BCUT2D eigenvalue weighted by atomic mass is 10.1. The fourth-order valence-corrected chi connectivity index (χ4v) is 4.82. The van der Waals surface area contributed by atoms with Crippen LogP contribution in [0.1, 0.15) is 32.0 Å². The maximum Gasteiger partial charge on any atom is 0.340 e. The molecule has 9 heteroatoms. The van der Waals surface area contributed by atoms with E-state index < -0.39 is 28.4 Å². The minimum atomic E-state index is -4.10. The number of hydrogen-bond donors (Lipinski definition) is 2. The van der Waals surface area contributed by atoms with E-state index in [9.17, 15) is 22.4 Å². The number of aromatic amines is 1. The second kappa shape index (κ2) is 9.11. The molecule has 7 nitrogen and oxygen atoms in total. The van der Waals surface area contributed by atoms with E-state index >= 15 is 0 Å². The van der Waals surface area contributed by atoms with Gasteiger partial charge in [-0.15, -0.1) is 0 Å². The van der Waals surface area contributed by atoms with Crippen LogP contribution in [0.5, 0.6) is 0 Å². The summed E-state index contributed by atoms with van der Waals surface area (Å²) >= 11 is 0. The Balaban J connectivity index is 1.53. The Bertz CT molecular complexity index is 1530. The van der Waals surface area contributed by atoms with Crippen LogP contribution in [0.3, 0.4) is 0 Å². The van der Waals surface area contributed by atoms with Crippen molar-refractivity contribution < 1.29 is 27.1 Å². The third kappa shape index (κ3) is 4.55. The number of aryl methyl sites for hydroxylation is 2. The number of carbonyl (C=O) groups is 2. The number of carbonyl (C=O) groups excluding carboxylic acids is 2. The predicted octanol–water partition coefficient (Wildman–Crippen LogP) is 4.76. The summed E-state index contributed by atoms with van der Waals surface area (Å²) in [7, 11) is -4.10. The lowest BCUT2D eigenvalue weighted by Gasteiger charge is -2.13. The van der Waals surface area contributed by atoms with Crippen LogP contribution in [0.15, 0.2) is 71.6 Å². The lowest BCUT2D eigenvalue weighted by Crippen LogP contribution is -2.19. The number of sulfonamides is 1. The number of halogens is 1. The van der Waals surface area contributed by atoms with Crippen molar-refractivity contribution >= 4 is 38.4 Å². The van der Waals surface area contributed by atoms with Crippen molar-refractivity contribution in [1.82, 2.24) is 4.98 Å². The first-order valence-electron chi connectivity index (χ1n) is 10.3. The molecule has 1 heterocycles. The van der Waals surface area contributed by atoms with Crippen molar-refractivity contribution in [2.24, 2.45) is 0 Å². The summed E-state index contributed by atoms with van der Waals surface area (Å²) in [5, 5.41) is 0.726. The summed E-state index contributed by atoms with van der Waals surface area (Å²) in [6, 6.07) is 16.6. The van der Waals surface area contributed by atoms with Crippen molar-refractivity contribution in [2.45, 2.75) is 18.7 Å². The molecule has 174 valence electrons. The molecular weight excluding hydrogens is 459 g/mol. The molecule has 0 amide bonds. The molecule has 2 N–H and O–H groups in total. The van der Waals surface area contributed by atoms with E-state index in [1.807, 2.05) is 18.2 Å². The van der Waals surface area contributed by atoms with Crippen LogP contribution < -0.4 is 4.72 Å². The number of ketones is 1. The zero-order valence-electron chi connectivity index (χ0n) is 18.4. The highest BCUT2D eigenvalue weighted by Crippen LogP contribution is 2.24. The third-order valence-electron chi connectivity index (χ3n) is 5.34.